The number of hydrogen-bond donors (Lipinski definition) is 1. The van der Waals surface area contributed by atoms with Gasteiger partial charge >= 0.3 is 0 Å². The Labute approximate surface area is 105 Å². The molecule has 0 amide bonds. The van der Waals surface area contributed by atoms with Gasteiger partial charge in [0.15, 0.2) is 4.60 Å². The second-order valence-corrected chi connectivity index (χ2v) is 5.26. The molecule has 1 aromatic heterocycles. The summed E-state index contributed by atoms with van der Waals surface area (Å²) in [6.07, 6.45) is 5.15. The highest BCUT2D eigenvalue weighted by Gasteiger charge is 2.31. The minimum Gasteiger partial charge on any atom is -0.308 e. The molecule has 4 nitrogen and oxygen atoms in total. The van der Waals surface area contributed by atoms with Crippen molar-refractivity contribution < 1.29 is 0 Å². The highest BCUT2D eigenvalue weighted by molar-refractivity contribution is 9.10. The molecular formula is C11H19BrN4. The van der Waals surface area contributed by atoms with Gasteiger partial charge in [-0.2, -0.15) is 0 Å². The highest BCUT2D eigenvalue weighted by atomic mass is 79.9. The Bertz CT molecular complexity index is 326. The molecule has 0 radical (unpaired) electrons. The van der Waals surface area contributed by atoms with Gasteiger partial charge in [-0.15, -0.1) is 5.10 Å². The van der Waals surface area contributed by atoms with E-state index in [0.29, 0.717) is 6.04 Å². The van der Waals surface area contributed by atoms with E-state index < -0.39 is 0 Å². The molecule has 1 aromatic rings. The summed E-state index contributed by atoms with van der Waals surface area (Å²) in [6, 6.07) is 0.406. The van der Waals surface area contributed by atoms with Crippen LogP contribution in [0.25, 0.3) is 0 Å². The molecule has 1 aliphatic carbocycles. The summed E-state index contributed by atoms with van der Waals surface area (Å²) < 4.78 is 2.77. The first kappa shape index (κ1) is 12.0. The smallest absolute Gasteiger partial charge is 0.153 e. The van der Waals surface area contributed by atoms with E-state index in [9.17, 15) is 0 Å². The number of hydrogen-bond acceptors (Lipinski definition) is 3. The van der Waals surface area contributed by atoms with Gasteiger partial charge in [-0.25, -0.2) is 4.68 Å². The Kier molecular flexibility index (Phi) is 3.97. The lowest BCUT2D eigenvalue weighted by Gasteiger charge is -2.34. The van der Waals surface area contributed by atoms with Crippen LogP contribution in [0.1, 0.15) is 44.3 Å². The molecule has 0 bridgehead atoms. The van der Waals surface area contributed by atoms with Crippen LogP contribution in [0.2, 0.25) is 0 Å². The van der Waals surface area contributed by atoms with Crippen LogP contribution in [0.4, 0.5) is 0 Å². The average Bonchev–Trinajstić information content (AvgIpc) is 2.51. The van der Waals surface area contributed by atoms with E-state index >= 15 is 0 Å². The molecular weight excluding hydrogens is 268 g/mol. The van der Waals surface area contributed by atoms with Gasteiger partial charge in [0.1, 0.15) is 0 Å². The van der Waals surface area contributed by atoms with Gasteiger partial charge in [0.25, 0.3) is 0 Å². The third kappa shape index (κ3) is 2.30. The van der Waals surface area contributed by atoms with Crippen molar-refractivity contribution in [2.75, 3.05) is 6.54 Å². The molecule has 16 heavy (non-hydrogen) atoms. The van der Waals surface area contributed by atoms with Gasteiger partial charge in [-0.05, 0) is 47.7 Å². The van der Waals surface area contributed by atoms with E-state index in [4.69, 9.17) is 0 Å². The van der Waals surface area contributed by atoms with E-state index in [0.717, 1.165) is 23.5 Å². The third-order valence-electron chi connectivity index (χ3n) is 3.36. The van der Waals surface area contributed by atoms with Crippen LogP contribution in [-0.4, -0.2) is 21.5 Å². The summed E-state index contributed by atoms with van der Waals surface area (Å²) in [5.74, 6) is 0.750. The first-order valence-corrected chi connectivity index (χ1v) is 6.81. The molecule has 1 heterocycles. The fraction of sp³-hybridized carbons (Fsp3) is 0.818. The van der Waals surface area contributed by atoms with Crippen LogP contribution in [0, 0.1) is 5.92 Å². The molecule has 0 aromatic carbocycles. The van der Waals surface area contributed by atoms with Gasteiger partial charge in [0.05, 0.1) is 11.7 Å². The monoisotopic (exact) mass is 286 g/mol. The maximum atomic E-state index is 4.08. The molecule has 90 valence electrons. The quantitative estimate of drug-likeness (QED) is 0.904. The minimum absolute atomic E-state index is 0.406. The van der Waals surface area contributed by atoms with Gasteiger partial charge in [-0.3, -0.25) is 0 Å². The fourth-order valence-corrected chi connectivity index (χ4v) is 2.80. The number of aryl methyl sites for hydroxylation is 1. The maximum Gasteiger partial charge on any atom is 0.153 e. The Morgan fingerprint density at radius 2 is 2.31 bits per heavy atom. The van der Waals surface area contributed by atoms with Crippen LogP contribution in [0.5, 0.6) is 0 Å². The van der Waals surface area contributed by atoms with Crippen molar-refractivity contribution >= 4 is 15.9 Å². The Hall–Kier alpha value is -0.420. The molecule has 1 atom stereocenters. The molecule has 0 spiro atoms. The summed E-state index contributed by atoms with van der Waals surface area (Å²) >= 11 is 3.50. The predicted molar refractivity (Wildman–Crippen MR) is 67.1 cm³/mol. The minimum atomic E-state index is 0.406. The van der Waals surface area contributed by atoms with Gasteiger partial charge in [0, 0.05) is 7.05 Å². The number of aromatic nitrogens is 3. The lowest BCUT2D eigenvalue weighted by atomic mass is 9.78. The molecule has 2 rings (SSSR count). The van der Waals surface area contributed by atoms with Crippen molar-refractivity contribution in [2.24, 2.45) is 13.0 Å². The SMILES string of the molecule is CCCNC(c1c(Br)nnn1C)C1CCC1. The van der Waals surface area contributed by atoms with Crippen molar-refractivity contribution in [2.45, 2.75) is 38.6 Å². The average molecular weight is 287 g/mol. The molecule has 1 fully saturated rings. The molecule has 0 saturated heterocycles. The molecule has 5 heteroatoms. The molecule has 1 aliphatic rings. The van der Waals surface area contributed by atoms with E-state index in [1.165, 1.54) is 25.0 Å². The van der Waals surface area contributed by atoms with Gasteiger partial charge in [-0.1, -0.05) is 18.6 Å². The van der Waals surface area contributed by atoms with Crippen LogP contribution in [0.3, 0.4) is 0 Å². The molecule has 0 aliphatic heterocycles. The number of halogens is 1. The largest absolute Gasteiger partial charge is 0.308 e. The Balaban J connectivity index is 2.16. The lowest BCUT2D eigenvalue weighted by molar-refractivity contribution is 0.223. The third-order valence-corrected chi connectivity index (χ3v) is 3.92. The lowest BCUT2D eigenvalue weighted by Crippen LogP contribution is -2.34. The first-order chi connectivity index (χ1) is 7.74. The molecule has 1 unspecified atom stereocenters. The summed E-state index contributed by atoms with van der Waals surface area (Å²) in [7, 11) is 1.96. The van der Waals surface area contributed by atoms with Crippen molar-refractivity contribution in [3.63, 3.8) is 0 Å². The van der Waals surface area contributed by atoms with E-state index in [2.05, 4.69) is 38.5 Å². The topological polar surface area (TPSA) is 42.7 Å². The first-order valence-electron chi connectivity index (χ1n) is 6.02. The van der Waals surface area contributed by atoms with Crippen molar-refractivity contribution in [3.8, 4) is 0 Å². The zero-order valence-corrected chi connectivity index (χ0v) is 11.5. The second kappa shape index (κ2) is 5.27. The number of nitrogens with one attached hydrogen (secondary N) is 1. The van der Waals surface area contributed by atoms with Crippen LogP contribution in [0.15, 0.2) is 4.60 Å². The summed E-state index contributed by atoms with van der Waals surface area (Å²) in [6.45, 7) is 3.25. The summed E-state index contributed by atoms with van der Waals surface area (Å²) in [5.41, 5.74) is 1.19. The van der Waals surface area contributed by atoms with E-state index in [1.807, 2.05) is 11.7 Å². The van der Waals surface area contributed by atoms with E-state index in [1.54, 1.807) is 0 Å². The Morgan fingerprint density at radius 3 is 2.75 bits per heavy atom. The van der Waals surface area contributed by atoms with Gasteiger partial charge in [0.2, 0.25) is 0 Å². The van der Waals surface area contributed by atoms with E-state index in [-0.39, 0.29) is 0 Å². The molecule has 1 saturated carbocycles. The Morgan fingerprint density at radius 1 is 1.56 bits per heavy atom. The number of rotatable bonds is 5. The highest BCUT2D eigenvalue weighted by Crippen LogP contribution is 2.39. The summed E-state index contributed by atoms with van der Waals surface area (Å²) in [4.78, 5) is 0. The summed E-state index contributed by atoms with van der Waals surface area (Å²) in [5, 5.41) is 11.8. The molecule has 1 N–H and O–H groups in total. The van der Waals surface area contributed by atoms with Crippen molar-refractivity contribution in [1.29, 1.82) is 0 Å². The second-order valence-electron chi connectivity index (χ2n) is 4.51. The predicted octanol–water partition coefficient (Wildman–Crippen LogP) is 2.42. The normalized spacial score (nSPS) is 18.4. The van der Waals surface area contributed by atoms with Crippen molar-refractivity contribution in [1.82, 2.24) is 20.3 Å². The fourth-order valence-electron chi connectivity index (χ4n) is 2.23. The van der Waals surface area contributed by atoms with Crippen LogP contribution >= 0.6 is 15.9 Å². The number of nitrogens with zero attached hydrogens (tertiary/aromatic N) is 3. The van der Waals surface area contributed by atoms with Crippen molar-refractivity contribution in [3.05, 3.63) is 10.3 Å². The zero-order chi connectivity index (χ0) is 11.5. The zero-order valence-electron chi connectivity index (χ0n) is 9.91. The van der Waals surface area contributed by atoms with Gasteiger partial charge < -0.3 is 5.32 Å². The van der Waals surface area contributed by atoms with Crippen LogP contribution in [-0.2, 0) is 7.05 Å². The maximum absolute atomic E-state index is 4.08. The van der Waals surface area contributed by atoms with Crippen LogP contribution < -0.4 is 5.32 Å². The standard InChI is InChI=1S/C11H19BrN4/c1-3-7-13-9(8-5-4-6-8)10-11(12)14-15-16(10)2/h8-9,13H,3-7H2,1-2H3.